The maximum Gasteiger partial charge on any atom is 0.175 e. The van der Waals surface area contributed by atoms with E-state index in [2.05, 4.69) is 64.1 Å². The molecule has 0 spiro atoms. The molecule has 0 aliphatic carbocycles. The van der Waals surface area contributed by atoms with Gasteiger partial charge < -0.3 is 10.6 Å². The summed E-state index contributed by atoms with van der Waals surface area (Å²) < 4.78 is 0. The Morgan fingerprint density at radius 3 is 2.37 bits per heavy atom. The van der Waals surface area contributed by atoms with E-state index >= 15 is 0 Å². The Morgan fingerprint density at radius 1 is 0.815 bits per heavy atom. The monoisotopic (exact) mass is 375 g/mol. The molecule has 0 amide bonds. The Bertz CT molecular complexity index is 909. The van der Waals surface area contributed by atoms with Crippen molar-refractivity contribution >= 4 is 39.5 Å². The van der Waals surface area contributed by atoms with Gasteiger partial charge in [0, 0.05) is 23.3 Å². The molecule has 0 aromatic heterocycles. The predicted octanol–water partition coefficient (Wildman–Crippen LogP) is 5.63. The van der Waals surface area contributed by atoms with Crippen LogP contribution in [0.3, 0.4) is 0 Å². The van der Waals surface area contributed by atoms with Crippen LogP contribution >= 0.6 is 12.2 Å². The second-order valence-corrected chi connectivity index (χ2v) is 7.55. The highest BCUT2D eigenvalue weighted by molar-refractivity contribution is 7.80. The first kappa shape index (κ1) is 18.0. The standard InChI is InChI=1S/C23H25N3S/c27-23(25-22-10-6-8-19-7-2-3-9-21(19)22)24-20-13-11-18(12-14-20)17-26-15-4-1-5-16-26/h2-3,6-14H,1,4-5,15-17H2,(H2,24,25,27). The topological polar surface area (TPSA) is 27.3 Å². The van der Waals surface area contributed by atoms with E-state index in [0.29, 0.717) is 5.11 Å². The summed E-state index contributed by atoms with van der Waals surface area (Å²) in [6, 6.07) is 23.1. The average molecular weight is 376 g/mol. The van der Waals surface area contributed by atoms with Crippen LogP contribution in [-0.2, 0) is 6.54 Å². The van der Waals surface area contributed by atoms with Gasteiger partial charge in [0.25, 0.3) is 0 Å². The molecule has 138 valence electrons. The van der Waals surface area contributed by atoms with Crippen LogP contribution in [0, 0.1) is 0 Å². The van der Waals surface area contributed by atoms with E-state index in [-0.39, 0.29) is 0 Å². The third-order valence-corrected chi connectivity index (χ3v) is 5.31. The largest absolute Gasteiger partial charge is 0.332 e. The zero-order valence-corrected chi connectivity index (χ0v) is 16.3. The van der Waals surface area contributed by atoms with Gasteiger partial charge in [-0.15, -0.1) is 0 Å². The molecule has 3 nitrogen and oxygen atoms in total. The molecule has 2 N–H and O–H groups in total. The summed E-state index contributed by atoms with van der Waals surface area (Å²) in [5.41, 5.74) is 3.39. The first-order valence-corrected chi connectivity index (χ1v) is 10.1. The van der Waals surface area contributed by atoms with Crippen molar-refractivity contribution < 1.29 is 0 Å². The van der Waals surface area contributed by atoms with Crippen LogP contribution in [0.1, 0.15) is 24.8 Å². The SMILES string of the molecule is S=C(Nc1ccc(CN2CCCCC2)cc1)Nc1cccc2ccccc12. The number of nitrogens with zero attached hydrogens (tertiary/aromatic N) is 1. The molecule has 27 heavy (non-hydrogen) atoms. The fraction of sp³-hybridized carbons (Fsp3) is 0.261. The lowest BCUT2D eigenvalue weighted by atomic mass is 10.1. The highest BCUT2D eigenvalue weighted by atomic mass is 32.1. The second kappa shape index (κ2) is 8.51. The van der Waals surface area contributed by atoms with E-state index in [9.17, 15) is 0 Å². The number of rotatable bonds is 4. The van der Waals surface area contributed by atoms with E-state index < -0.39 is 0 Å². The third kappa shape index (κ3) is 4.65. The third-order valence-electron chi connectivity index (χ3n) is 5.10. The Morgan fingerprint density at radius 2 is 1.56 bits per heavy atom. The number of likely N-dealkylation sites (tertiary alicyclic amines) is 1. The number of thiocarbonyl (C=S) groups is 1. The zero-order valence-electron chi connectivity index (χ0n) is 15.4. The summed E-state index contributed by atoms with van der Waals surface area (Å²) in [6.45, 7) is 3.48. The molecule has 1 fully saturated rings. The lowest BCUT2D eigenvalue weighted by molar-refractivity contribution is 0.221. The van der Waals surface area contributed by atoms with Crippen molar-refractivity contribution in [2.45, 2.75) is 25.8 Å². The molecule has 0 unspecified atom stereocenters. The molecule has 4 rings (SSSR count). The van der Waals surface area contributed by atoms with Gasteiger partial charge in [-0.05, 0) is 67.3 Å². The number of hydrogen-bond acceptors (Lipinski definition) is 2. The molecule has 0 saturated carbocycles. The maximum atomic E-state index is 5.51. The number of hydrogen-bond donors (Lipinski definition) is 2. The normalized spacial score (nSPS) is 14.8. The van der Waals surface area contributed by atoms with Crippen molar-refractivity contribution in [2.75, 3.05) is 23.7 Å². The van der Waals surface area contributed by atoms with Gasteiger partial charge in [0.1, 0.15) is 0 Å². The van der Waals surface area contributed by atoms with Crippen LogP contribution < -0.4 is 10.6 Å². The number of fused-ring (bicyclic) bond motifs is 1. The maximum absolute atomic E-state index is 5.51. The van der Waals surface area contributed by atoms with Crippen LogP contribution in [0.5, 0.6) is 0 Å². The Hall–Kier alpha value is -2.43. The van der Waals surface area contributed by atoms with Crippen LogP contribution in [0.15, 0.2) is 66.7 Å². The predicted molar refractivity (Wildman–Crippen MR) is 119 cm³/mol. The fourth-order valence-electron chi connectivity index (χ4n) is 3.69. The van der Waals surface area contributed by atoms with Crippen molar-refractivity contribution in [3.05, 3.63) is 72.3 Å². The van der Waals surface area contributed by atoms with E-state index in [1.54, 1.807) is 0 Å². The molecular weight excluding hydrogens is 350 g/mol. The molecule has 1 saturated heterocycles. The Kier molecular flexibility index (Phi) is 5.66. The molecule has 1 heterocycles. The van der Waals surface area contributed by atoms with Crippen molar-refractivity contribution in [3.63, 3.8) is 0 Å². The number of anilines is 2. The van der Waals surface area contributed by atoms with Gasteiger partial charge in [0.05, 0.1) is 0 Å². The zero-order chi connectivity index (χ0) is 18.5. The molecule has 4 heteroatoms. The lowest BCUT2D eigenvalue weighted by Crippen LogP contribution is -2.29. The average Bonchev–Trinajstić information content (AvgIpc) is 2.71. The number of piperidine rings is 1. The van der Waals surface area contributed by atoms with Crippen molar-refractivity contribution in [1.29, 1.82) is 0 Å². The van der Waals surface area contributed by atoms with Crippen LogP contribution in [-0.4, -0.2) is 23.1 Å². The van der Waals surface area contributed by atoms with Crippen LogP contribution in [0.25, 0.3) is 10.8 Å². The summed E-state index contributed by atoms with van der Waals surface area (Å²) in [5.74, 6) is 0. The van der Waals surface area contributed by atoms with Crippen molar-refractivity contribution in [2.24, 2.45) is 0 Å². The summed E-state index contributed by atoms with van der Waals surface area (Å²) in [6.07, 6.45) is 4.03. The first-order chi connectivity index (χ1) is 13.3. The van der Waals surface area contributed by atoms with Gasteiger partial charge in [-0.25, -0.2) is 0 Å². The molecule has 3 aromatic carbocycles. The van der Waals surface area contributed by atoms with Crippen LogP contribution in [0.2, 0.25) is 0 Å². The molecule has 0 atom stereocenters. The lowest BCUT2D eigenvalue weighted by Gasteiger charge is -2.26. The summed E-state index contributed by atoms with van der Waals surface area (Å²) in [4.78, 5) is 2.54. The number of benzene rings is 3. The molecule has 0 radical (unpaired) electrons. The molecular formula is C23H25N3S. The van der Waals surface area contributed by atoms with Gasteiger partial charge in [-0.2, -0.15) is 0 Å². The van der Waals surface area contributed by atoms with Gasteiger partial charge in [0.2, 0.25) is 0 Å². The van der Waals surface area contributed by atoms with Gasteiger partial charge in [-0.3, -0.25) is 4.90 Å². The molecule has 0 bridgehead atoms. The number of nitrogens with one attached hydrogen (secondary N) is 2. The van der Waals surface area contributed by atoms with Crippen molar-refractivity contribution in [3.8, 4) is 0 Å². The Labute approximate surface area is 166 Å². The van der Waals surface area contributed by atoms with E-state index in [1.807, 2.05) is 18.2 Å². The Balaban J connectivity index is 1.37. The minimum atomic E-state index is 0.607. The van der Waals surface area contributed by atoms with Gasteiger partial charge in [0.15, 0.2) is 5.11 Å². The highest BCUT2D eigenvalue weighted by Gasteiger charge is 2.10. The van der Waals surface area contributed by atoms with Gasteiger partial charge in [-0.1, -0.05) is 55.0 Å². The molecule has 1 aliphatic heterocycles. The van der Waals surface area contributed by atoms with E-state index in [1.165, 1.54) is 48.7 Å². The quantitative estimate of drug-likeness (QED) is 0.578. The summed E-state index contributed by atoms with van der Waals surface area (Å²) in [5, 5.41) is 9.59. The van der Waals surface area contributed by atoms with Crippen LogP contribution in [0.4, 0.5) is 11.4 Å². The van der Waals surface area contributed by atoms with Gasteiger partial charge >= 0.3 is 0 Å². The van der Waals surface area contributed by atoms with E-state index in [0.717, 1.165) is 17.9 Å². The minimum absolute atomic E-state index is 0.607. The summed E-state index contributed by atoms with van der Waals surface area (Å²) in [7, 11) is 0. The molecule has 1 aliphatic rings. The van der Waals surface area contributed by atoms with Crippen molar-refractivity contribution in [1.82, 2.24) is 4.90 Å². The fourth-order valence-corrected chi connectivity index (χ4v) is 3.92. The highest BCUT2D eigenvalue weighted by Crippen LogP contribution is 2.23. The summed E-state index contributed by atoms with van der Waals surface area (Å²) >= 11 is 5.51. The smallest absolute Gasteiger partial charge is 0.175 e. The second-order valence-electron chi connectivity index (χ2n) is 7.14. The minimum Gasteiger partial charge on any atom is -0.332 e. The van der Waals surface area contributed by atoms with E-state index in [4.69, 9.17) is 12.2 Å². The molecule has 3 aromatic rings. The first-order valence-electron chi connectivity index (χ1n) is 9.65.